The van der Waals surface area contributed by atoms with E-state index in [1.165, 1.54) is 4.31 Å². The lowest BCUT2D eigenvalue weighted by Gasteiger charge is -2.30. The third-order valence-electron chi connectivity index (χ3n) is 7.54. The Balaban J connectivity index is 1.30. The van der Waals surface area contributed by atoms with Gasteiger partial charge in [-0.15, -0.1) is 0 Å². The number of anilines is 1. The molecular formula is C29H32BrN3O4S. The summed E-state index contributed by atoms with van der Waals surface area (Å²) in [5, 5.41) is 4.72. The predicted molar refractivity (Wildman–Crippen MR) is 152 cm³/mol. The Labute approximate surface area is 232 Å². The van der Waals surface area contributed by atoms with Crippen molar-refractivity contribution in [3.05, 3.63) is 70.7 Å². The standard InChI is InChI=1S/C29H32BrN3O4S/c1-20(29(35)31-24-12-2-3-13-24)32(19-21-8-4-11-23(30)18-21)27(34)16-7-17-33-25-14-5-9-22-10-6-15-26(28(22)25)38(33,36)37/h4-6,8-11,14-15,18,20,24H,2-3,7,12-13,16-17,19H2,1H3,(H,31,35). The highest BCUT2D eigenvalue weighted by Gasteiger charge is 2.35. The molecule has 7 nitrogen and oxygen atoms in total. The summed E-state index contributed by atoms with van der Waals surface area (Å²) in [5.41, 5.74) is 1.57. The molecule has 1 heterocycles. The van der Waals surface area contributed by atoms with Gasteiger partial charge < -0.3 is 10.2 Å². The fourth-order valence-electron chi connectivity index (χ4n) is 5.52. The fraction of sp³-hybridized carbons (Fsp3) is 0.379. The average Bonchev–Trinajstić information content (AvgIpc) is 3.48. The SMILES string of the molecule is CC(C(=O)NC1CCCC1)N(Cc1cccc(Br)c1)C(=O)CCCN1c2cccc3cccc(c23)S1(=O)=O. The molecule has 1 unspecified atom stereocenters. The molecule has 0 saturated heterocycles. The van der Waals surface area contributed by atoms with Crippen molar-refractivity contribution >= 4 is 54.2 Å². The maximum Gasteiger partial charge on any atom is 0.265 e. The molecule has 3 aromatic rings. The Hall–Kier alpha value is -2.91. The van der Waals surface area contributed by atoms with E-state index in [2.05, 4.69) is 21.2 Å². The van der Waals surface area contributed by atoms with Crippen molar-refractivity contribution in [2.45, 2.75) is 69.0 Å². The molecule has 1 N–H and O–H groups in total. The zero-order valence-corrected chi connectivity index (χ0v) is 23.8. The number of hydrogen-bond acceptors (Lipinski definition) is 4. The summed E-state index contributed by atoms with van der Waals surface area (Å²) in [6, 6.07) is 18.1. The molecule has 9 heteroatoms. The lowest BCUT2D eigenvalue weighted by atomic mass is 10.1. The Bertz CT molecular complexity index is 1460. The van der Waals surface area contributed by atoms with Gasteiger partial charge >= 0.3 is 0 Å². The number of carbonyl (C=O) groups is 2. The molecule has 38 heavy (non-hydrogen) atoms. The number of nitrogens with zero attached hydrogens (tertiary/aromatic N) is 2. The Morgan fingerprint density at radius 3 is 2.53 bits per heavy atom. The van der Waals surface area contributed by atoms with Gasteiger partial charge in [0.2, 0.25) is 11.8 Å². The normalized spacial score (nSPS) is 17.1. The lowest BCUT2D eigenvalue weighted by Crippen LogP contribution is -2.49. The highest BCUT2D eigenvalue weighted by Crippen LogP contribution is 2.42. The first-order valence-electron chi connectivity index (χ1n) is 13.1. The van der Waals surface area contributed by atoms with Crippen LogP contribution in [0.5, 0.6) is 0 Å². The summed E-state index contributed by atoms with van der Waals surface area (Å²) >= 11 is 3.48. The molecule has 1 saturated carbocycles. The van der Waals surface area contributed by atoms with Crippen molar-refractivity contribution in [3.63, 3.8) is 0 Å². The van der Waals surface area contributed by atoms with Crippen LogP contribution in [0.2, 0.25) is 0 Å². The van der Waals surface area contributed by atoms with Crippen molar-refractivity contribution < 1.29 is 18.0 Å². The predicted octanol–water partition coefficient (Wildman–Crippen LogP) is 5.37. The van der Waals surface area contributed by atoms with Crippen LogP contribution in [0.25, 0.3) is 10.8 Å². The molecule has 2 aliphatic rings. The van der Waals surface area contributed by atoms with Crippen molar-refractivity contribution in [2.75, 3.05) is 10.8 Å². The monoisotopic (exact) mass is 597 g/mol. The zero-order chi connectivity index (χ0) is 26.9. The van der Waals surface area contributed by atoms with Crippen molar-refractivity contribution in [1.29, 1.82) is 0 Å². The van der Waals surface area contributed by atoms with E-state index in [4.69, 9.17) is 0 Å². The van der Waals surface area contributed by atoms with Crippen LogP contribution in [0.4, 0.5) is 5.69 Å². The molecular weight excluding hydrogens is 566 g/mol. The van der Waals surface area contributed by atoms with Crippen molar-refractivity contribution in [1.82, 2.24) is 10.2 Å². The van der Waals surface area contributed by atoms with Crippen LogP contribution in [-0.2, 0) is 26.2 Å². The number of amides is 2. The van der Waals surface area contributed by atoms with Crippen LogP contribution in [0.3, 0.4) is 0 Å². The summed E-state index contributed by atoms with van der Waals surface area (Å²) in [7, 11) is -3.67. The van der Waals surface area contributed by atoms with E-state index in [0.29, 0.717) is 23.5 Å². The second-order valence-electron chi connectivity index (χ2n) is 10.1. The summed E-state index contributed by atoms with van der Waals surface area (Å²) in [6.07, 6.45) is 4.63. The van der Waals surface area contributed by atoms with E-state index in [0.717, 1.165) is 46.5 Å². The maximum absolute atomic E-state index is 13.5. The van der Waals surface area contributed by atoms with Crippen LogP contribution >= 0.6 is 15.9 Å². The molecule has 3 aromatic carbocycles. The first kappa shape index (κ1) is 26.7. The molecule has 0 spiro atoms. The van der Waals surface area contributed by atoms with Gasteiger partial charge in [-0.05, 0) is 61.4 Å². The van der Waals surface area contributed by atoms with Crippen molar-refractivity contribution in [3.8, 4) is 0 Å². The minimum Gasteiger partial charge on any atom is -0.352 e. The molecule has 0 bridgehead atoms. The number of rotatable bonds is 9. The van der Waals surface area contributed by atoms with E-state index in [9.17, 15) is 18.0 Å². The van der Waals surface area contributed by atoms with Crippen LogP contribution < -0.4 is 9.62 Å². The van der Waals surface area contributed by atoms with Gasteiger partial charge in [-0.3, -0.25) is 13.9 Å². The van der Waals surface area contributed by atoms with E-state index >= 15 is 0 Å². The lowest BCUT2D eigenvalue weighted by molar-refractivity contribution is -0.141. The number of nitrogens with one attached hydrogen (secondary N) is 1. The molecule has 5 rings (SSSR count). The molecule has 2 amide bonds. The molecule has 1 aliphatic carbocycles. The first-order valence-corrected chi connectivity index (χ1v) is 15.4. The number of hydrogen-bond donors (Lipinski definition) is 1. The third-order valence-corrected chi connectivity index (χ3v) is 9.89. The van der Waals surface area contributed by atoms with Gasteiger partial charge in [-0.25, -0.2) is 8.42 Å². The number of carbonyl (C=O) groups excluding carboxylic acids is 2. The Morgan fingerprint density at radius 2 is 1.79 bits per heavy atom. The van der Waals surface area contributed by atoms with E-state index in [1.807, 2.05) is 48.5 Å². The van der Waals surface area contributed by atoms with Gasteiger partial charge in [0.1, 0.15) is 6.04 Å². The smallest absolute Gasteiger partial charge is 0.265 e. The molecule has 1 aliphatic heterocycles. The topological polar surface area (TPSA) is 86.8 Å². The summed E-state index contributed by atoms with van der Waals surface area (Å²) in [4.78, 5) is 28.5. The van der Waals surface area contributed by atoms with E-state index in [1.54, 1.807) is 24.0 Å². The average molecular weight is 599 g/mol. The van der Waals surface area contributed by atoms with Crippen molar-refractivity contribution in [2.24, 2.45) is 0 Å². The van der Waals surface area contributed by atoms with E-state index < -0.39 is 16.1 Å². The van der Waals surface area contributed by atoms with Gasteiger partial charge in [0, 0.05) is 35.4 Å². The summed E-state index contributed by atoms with van der Waals surface area (Å²) in [5.74, 6) is -0.323. The van der Waals surface area contributed by atoms with Crippen LogP contribution in [-0.4, -0.2) is 43.8 Å². The van der Waals surface area contributed by atoms with Gasteiger partial charge in [0.05, 0.1) is 10.6 Å². The number of benzene rings is 3. The molecule has 1 fully saturated rings. The Morgan fingerprint density at radius 1 is 1.08 bits per heavy atom. The zero-order valence-electron chi connectivity index (χ0n) is 21.4. The highest BCUT2D eigenvalue weighted by molar-refractivity contribution is 9.10. The summed E-state index contributed by atoms with van der Waals surface area (Å²) < 4.78 is 28.9. The highest BCUT2D eigenvalue weighted by atomic mass is 79.9. The maximum atomic E-state index is 13.5. The molecule has 1 atom stereocenters. The largest absolute Gasteiger partial charge is 0.352 e. The first-order chi connectivity index (χ1) is 18.3. The molecule has 200 valence electrons. The second-order valence-corrected chi connectivity index (χ2v) is 12.9. The van der Waals surface area contributed by atoms with Crippen LogP contribution in [0.15, 0.2) is 70.0 Å². The Kier molecular flexibility index (Phi) is 7.77. The minimum atomic E-state index is -3.67. The summed E-state index contributed by atoms with van der Waals surface area (Å²) in [6.45, 7) is 2.25. The third kappa shape index (κ3) is 5.31. The number of sulfonamides is 1. The van der Waals surface area contributed by atoms with Gasteiger partial charge in [0.25, 0.3) is 10.0 Å². The quantitative estimate of drug-likeness (QED) is 0.359. The van der Waals surface area contributed by atoms with Gasteiger partial charge in [-0.1, -0.05) is 65.2 Å². The minimum absolute atomic E-state index is 0.132. The molecule has 0 radical (unpaired) electrons. The fourth-order valence-corrected chi connectivity index (χ4v) is 7.72. The van der Waals surface area contributed by atoms with Crippen LogP contribution in [0.1, 0.15) is 51.0 Å². The molecule has 0 aromatic heterocycles. The van der Waals surface area contributed by atoms with E-state index in [-0.39, 0.29) is 30.8 Å². The van der Waals surface area contributed by atoms with Crippen LogP contribution in [0, 0.1) is 0 Å². The van der Waals surface area contributed by atoms with Gasteiger partial charge in [-0.2, -0.15) is 0 Å². The number of halogens is 1. The second kappa shape index (κ2) is 11.1. The van der Waals surface area contributed by atoms with Gasteiger partial charge in [0.15, 0.2) is 0 Å².